The number of anilines is 3. The molecule has 578 valence electrons. The smallest absolute Gasteiger partial charge is 0.393 e. The van der Waals surface area contributed by atoms with Gasteiger partial charge in [-0.3, -0.25) is 26.9 Å². The molecule has 12 rings (SSSR count). The number of ketones is 3. The molecular weight excluding hydrogens is 1580 g/mol. The number of rotatable bonds is 27. The Morgan fingerprint density at radius 2 is 0.954 bits per heavy atom. The van der Waals surface area contributed by atoms with Gasteiger partial charge >= 0.3 is 37.1 Å². The van der Waals surface area contributed by atoms with Crippen LogP contribution in [-0.4, -0.2) is 153 Å². The third-order valence-corrected chi connectivity index (χ3v) is 25.3. The van der Waals surface area contributed by atoms with Gasteiger partial charge in [-0.05, 0) is 136 Å². The van der Waals surface area contributed by atoms with Crippen LogP contribution in [0, 0.1) is 43.9 Å². The number of benzene rings is 3. The lowest BCUT2D eigenvalue weighted by Gasteiger charge is -2.15. The van der Waals surface area contributed by atoms with Gasteiger partial charge in [-0.25, -0.2) is 53.7 Å². The fourth-order valence-corrected chi connectivity index (χ4v) is 19.1. The maximum absolute atomic E-state index is 13.4. The number of hydrogen-bond donors (Lipinski definition) is 9. The molecule has 0 amide bonds. The summed E-state index contributed by atoms with van der Waals surface area (Å²) in [4.78, 5) is 68.3. The second kappa shape index (κ2) is 36.1. The van der Waals surface area contributed by atoms with Crippen molar-refractivity contribution in [3.63, 3.8) is 0 Å². The van der Waals surface area contributed by atoms with Gasteiger partial charge in [0.25, 0.3) is 0 Å². The van der Waals surface area contributed by atoms with Crippen molar-refractivity contribution in [3.8, 4) is 12.3 Å². The molecule has 109 heavy (non-hydrogen) atoms. The molecule has 0 spiro atoms. The van der Waals surface area contributed by atoms with Gasteiger partial charge in [0, 0.05) is 79.6 Å². The number of carbonyl (C=O) groups excluding carboxylic acids is 3. The van der Waals surface area contributed by atoms with E-state index in [2.05, 4.69) is 64.3 Å². The van der Waals surface area contributed by atoms with Gasteiger partial charge in [-0.1, -0.05) is 42.3 Å². The molecule has 0 aliphatic heterocycles. The fourth-order valence-electron chi connectivity index (χ4n) is 12.3. The van der Waals surface area contributed by atoms with Crippen LogP contribution in [0.4, 0.5) is 30.6 Å². The zero-order chi connectivity index (χ0) is 78.7. The van der Waals surface area contributed by atoms with Gasteiger partial charge < -0.3 is 31.3 Å². The summed E-state index contributed by atoms with van der Waals surface area (Å²) < 4.78 is 146. The quantitative estimate of drug-likeness (QED) is 0.0182. The Balaban J connectivity index is 0.000000175. The molecule has 11 atom stereocenters. The zero-order valence-corrected chi connectivity index (χ0v) is 64.0. The van der Waals surface area contributed by atoms with Crippen molar-refractivity contribution in [2.45, 2.75) is 121 Å². The van der Waals surface area contributed by atoms with Gasteiger partial charge in [0.05, 0.1) is 106 Å². The highest BCUT2D eigenvalue weighted by atomic mass is 32.2. The Bertz CT molecular complexity index is 5250. The molecule has 3 aliphatic carbocycles. The highest BCUT2D eigenvalue weighted by Crippen LogP contribution is 2.38. The fraction of sp³-hybridized carbons (Fsp3) is 0.319. The van der Waals surface area contributed by atoms with Crippen LogP contribution < -0.4 is 31.4 Å². The number of aliphatic hydroxyl groups is 3. The van der Waals surface area contributed by atoms with E-state index in [9.17, 15) is 76.5 Å². The van der Waals surface area contributed by atoms with E-state index >= 15 is 0 Å². The SMILES string of the molecule is C#Cc1cccc(Cc2csc(C(=O)c3cncnc3N[C@@H]3C[C@H](COS(N)(=O)=O)[C@@H](O)C3)c2)c1.Cc1sc(C(=O)c2cncnc2N[C@@H]2C[C@H](COS(N)(=O)=O)[C@@H](O)C2)cc1S(=O)c1cccc(C(F)(F)F)c1.Cc1sc(C(=O)c2cncnc2N[C@@H]2C[C@H](COS(N)(=O)=O)[C@@H](O)C2)cc1S(=O)c1ccccc1. The number of hydrogen-bond acceptors (Lipinski definition) is 29. The molecule has 6 heterocycles. The Morgan fingerprint density at radius 3 is 1.37 bits per heavy atom. The first-order valence-corrected chi connectivity index (χ1v) is 42.1. The summed E-state index contributed by atoms with van der Waals surface area (Å²) in [5, 5.41) is 56.8. The topological polar surface area (TPSA) is 468 Å². The van der Waals surface area contributed by atoms with Crippen molar-refractivity contribution in [1.82, 2.24) is 29.9 Å². The summed E-state index contributed by atoms with van der Waals surface area (Å²) in [6.07, 6.45) is 9.14. The number of carbonyl (C=O) groups is 3. The molecule has 0 radical (unpaired) electrons. The van der Waals surface area contributed by atoms with Crippen molar-refractivity contribution in [3.05, 3.63) is 203 Å². The molecule has 40 heteroatoms. The summed E-state index contributed by atoms with van der Waals surface area (Å²) in [6, 6.07) is 25.0. The zero-order valence-electron chi connectivity index (χ0n) is 57.5. The number of nitrogens with zero attached hydrogens (tertiary/aromatic N) is 6. The van der Waals surface area contributed by atoms with Crippen LogP contribution in [0.1, 0.15) is 116 Å². The Hall–Kier alpha value is -8.45. The Morgan fingerprint density at radius 1 is 0.550 bits per heavy atom. The number of terminal acetylenes is 1. The number of aliphatic hydroxyl groups excluding tert-OH is 3. The number of halogens is 3. The Labute approximate surface area is 641 Å². The molecule has 9 aromatic rings. The summed E-state index contributed by atoms with van der Waals surface area (Å²) in [5.74, 6) is 1.05. The average Bonchev–Trinajstić information content (AvgIpc) is 1.68. The first kappa shape index (κ1) is 83.0. The minimum absolute atomic E-state index is 0.0455. The second-order valence-electron chi connectivity index (χ2n) is 25.4. The summed E-state index contributed by atoms with van der Waals surface area (Å²) in [7, 11) is -15.7. The van der Waals surface area contributed by atoms with Crippen LogP contribution in [0.25, 0.3) is 0 Å². The van der Waals surface area contributed by atoms with E-state index in [1.807, 2.05) is 60.8 Å². The molecule has 0 bridgehead atoms. The maximum atomic E-state index is 13.4. The summed E-state index contributed by atoms with van der Waals surface area (Å²) >= 11 is 3.63. The minimum atomic E-state index is -4.59. The summed E-state index contributed by atoms with van der Waals surface area (Å²) in [6.45, 7) is 2.70. The van der Waals surface area contributed by atoms with Crippen molar-refractivity contribution in [2.24, 2.45) is 33.2 Å². The predicted molar refractivity (Wildman–Crippen MR) is 399 cm³/mol. The van der Waals surface area contributed by atoms with E-state index in [1.165, 1.54) is 78.4 Å². The number of alkyl halides is 3. The van der Waals surface area contributed by atoms with Crippen molar-refractivity contribution in [2.75, 3.05) is 35.8 Å². The Kier molecular flexibility index (Phi) is 27.5. The van der Waals surface area contributed by atoms with Crippen molar-refractivity contribution in [1.29, 1.82) is 0 Å². The maximum Gasteiger partial charge on any atom is 0.416 e. The minimum Gasteiger partial charge on any atom is -0.393 e. The molecule has 3 fully saturated rings. The lowest BCUT2D eigenvalue weighted by atomic mass is 10.0. The van der Waals surface area contributed by atoms with Crippen LogP contribution in [0.3, 0.4) is 0 Å². The van der Waals surface area contributed by atoms with Gasteiger partial charge in [0.2, 0.25) is 17.3 Å². The highest BCUT2D eigenvalue weighted by Gasteiger charge is 2.39. The lowest BCUT2D eigenvalue weighted by Crippen LogP contribution is -2.24. The first-order valence-electron chi connectivity index (χ1n) is 32.9. The van der Waals surface area contributed by atoms with Crippen LogP contribution in [0.5, 0.6) is 0 Å². The summed E-state index contributed by atoms with van der Waals surface area (Å²) in [5.41, 5.74) is 2.58. The molecule has 29 nitrogen and oxygen atoms in total. The molecule has 3 aliphatic rings. The number of thiophene rings is 3. The third-order valence-electron chi connectivity index (χ3n) is 17.5. The molecule has 12 N–H and O–H groups in total. The van der Waals surface area contributed by atoms with Crippen molar-refractivity contribution < 1.29 is 89.1 Å². The number of aromatic nitrogens is 6. The highest BCUT2D eigenvalue weighted by molar-refractivity contribution is 7.86. The van der Waals surface area contributed by atoms with E-state index < -0.39 is 106 Å². The average molecular weight is 1650 g/mol. The van der Waals surface area contributed by atoms with Crippen molar-refractivity contribution >= 4 is 121 Å². The lowest BCUT2D eigenvalue weighted by molar-refractivity contribution is -0.137. The van der Waals surface area contributed by atoms with Gasteiger partial charge in [0.15, 0.2) is 0 Å². The number of nitrogens with one attached hydrogen (secondary N) is 3. The number of nitrogens with two attached hydrogens (primary N) is 3. The molecule has 3 aromatic carbocycles. The van der Waals surface area contributed by atoms with E-state index in [0.29, 0.717) is 80.1 Å². The van der Waals surface area contributed by atoms with Gasteiger partial charge in [-0.2, -0.15) is 38.4 Å². The van der Waals surface area contributed by atoms with Crippen LogP contribution >= 0.6 is 34.0 Å². The number of aryl methyl sites for hydroxylation is 2. The second-order valence-corrected chi connectivity index (χ2v) is 35.4. The van der Waals surface area contributed by atoms with E-state index in [-0.39, 0.29) is 87.5 Å². The standard InChI is InChI=1S/C24H24N4O5S2.C23H23F3N4O6S3.C22H24N4O6S3/c1-2-15-4-3-5-16(6-15)7-17-8-22(34-13-17)23(30)20-11-26-14-27-24(20)28-19-9-18(21(29)10-19)12-33-35(25,31)32;1-12-20(38(33)16-4-2-3-14(6-16)23(24,25)26)8-19(37-12)21(32)17-9-28-11-29-22(17)30-15-5-13(18(31)7-15)10-36-39(27,34)35;1-13-20(34(29)16-5-3-2-4-6-16)9-19(33-13)21(28)17-10-24-12-25-22(17)26-15-7-14(18(27)8-15)11-32-35(23,30)31/h1,3-6,8,11,13-14,18-19,21,29H,7,9-10,12H2,(H2,25,31,32)(H,26,27,28);2-4,6,8-9,11,13,15,18,31H,5,7,10H2,1H3,(H2,27,34,35)(H,28,29,30);2-6,9-10,12,14-15,18,27H,7-8,11H2,1H3,(H2,23,30,31)(H,24,25,26)/t18-,19-,21+;13-,15-,18+,38?;14-,15-,18+,34?/m111/s1. The molecule has 2 unspecified atom stereocenters. The molecular formula is C69H71F3N12O17S8. The molecule has 0 saturated heterocycles. The van der Waals surface area contributed by atoms with Gasteiger partial charge in [-0.15, -0.1) is 40.4 Å². The van der Waals surface area contributed by atoms with E-state index in [4.69, 9.17) is 21.8 Å². The molecule has 3 saturated carbocycles. The van der Waals surface area contributed by atoms with Crippen LogP contribution in [0.2, 0.25) is 0 Å². The van der Waals surface area contributed by atoms with Gasteiger partial charge in [0.1, 0.15) is 36.4 Å². The third kappa shape index (κ3) is 22.9. The largest absolute Gasteiger partial charge is 0.416 e. The molecule has 6 aromatic heterocycles. The van der Waals surface area contributed by atoms with Crippen LogP contribution in [-0.2, 0) is 77.7 Å². The monoisotopic (exact) mass is 1650 g/mol. The van der Waals surface area contributed by atoms with E-state index in [0.717, 1.165) is 45.0 Å². The van der Waals surface area contributed by atoms with E-state index in [1.54, 1.807) is 25.1 Å². The predicted octanol–water partition coefficient (Wildman–Crippen LogP) is 7.16. The van der Waals surface area contributed by atoms with Crippen LogP contribution in [0.15, 0.2) is 160 Å². The first-order chi connectivity index (χ1) is 51.6. The normalized spacial score (nSPS) is 20.5.